The van der Waals surface area contributed by atoms with E-state index in [4.69, 9.17) is 0 Å². The van der Waals surface area contributed by atoms with Gasteiger partial charge < -0.3 is 0 Å². The Balaban J connectivity index is 2.44. The van der Waals surface area contributed by atoms with Gasteiger partial charge in [0.25, 0.3) is 0 Å². The van der Waals surface area contributed by atoms with Crippen molar-refractivity contribution in [1.29, 1.82) is 0 Å². The van der Waals surface area contributed by atoms with Crippen molar-refractivity contribution in [1.82, 2.24) is 0 Å². The molecule has 0 aromatic rings. The fraction of sp³-hybridized carbons (Fsp3) is 0.714. The van der Waals surface area contributed by atoms with Gasteiger partial charge in [0.1, 0.15) is 0 Å². The number of hydrogen-bond acceptors (Lipinski definition) is 0. The summed E-state index contributed by atoms with van der Waals surface area (Å²) in [5.41, 5.74) is 4.15. The molecular formula is C14H22. The average Bonchev–Trinajstić information content (AvgIpc) is 2.17. The first-order chi connectivity index (χ1) is 6.33. The Labute approximate surface area is 88.1 Å². The highest BCUT2D eigenvalue weighted by molar-refractivity contribution is 5.35. The van der Waals surface area contributed by atoms with Crippen LogP contribution >= 0.6 is 0 Å². The molecule has 0 aromatic carbocycles. The Morgan fingerprint density at radius 1 is 1.14 bits per heavy atom. The van der Waals surface area contributed by atoms with Gasteiger partial charge in [-0.25, -0.2) is 0 Å². The lowest BCUT2D eigenvalue weighted by molar-refractivity contribution is 0.254. The van der Waals surface area contributed by atoms with Crippen LogP contribution in [0.5, 0.6) is 0 Å². The van der Waals surface area contributed by atoms with Gasteiger partial charge in [0.15, 0.2) is 0 Å². The van der Waals surface area contributed by atoms with Crippen molar-refractivity contribution < 1.29 is 0 Å². The van der Waals surface area contributed by atoms with Crippen LogP contribution in [0.15, 0.2) is 23.3 Å². The Morgan fingerprint density at radius 2 is 1.79 bits per heavy atom. The van der Waals surface area contributed by atoms with E-state index in [0.29, 0.717) is 10.8 Å². The first-order valence-corrected chi connectivity index (χ1v) is 5.71. The highest BCUT2D eigenvalue weighted by Crippen LogP contribution is 2.59. The van der Waals surface area contributed by atoms with Gasteiger partial charge in [-0.05, 0) is 36.5 Å². The topological polar surface area (TPSA) is 0 Å². The van der Waals surface area contributed by atoms with Gasteiger partial charge in [-0.2, -0.15) is 0 Å². The molecule has 0 nitrogen and oxygen atoms in total. The van der Waals surface area contributed by atoms with Crippen molar-refractivity contribution >= 4 is 0 Å². The summed E-state index contributed by atoms with van der Waals surface area (Å²) < 4.78 is 0. The summed E-state index contributed by atoms with van der Waals surface area (Å²) in [7, 11) is 0. The second kappa shape index (κ2) is 2.74. The smallest absolute Gasteiger partial charge is 0.0106 e. The monoisotopic (exact) mass is 190 g/mol. The number of allylic oxidation sites excluding steroid dienone is 4. The first kappa shape index (κ1) is 10.0. The third kappa shape index (κ3) is 1.36. The van der Waals surface area contributed by atoms with Crippen LogP contribution in [-0.4, -0.2) is 0 Å². The normalized spacial score (nSPS) is 33.4. The minimum absolute atomic E-state index is 0.422. The van der Waals surface area contributed by atoms with Gasteiger partial charge in [0.2, 0.25) is 0 Å². The molecule has 0 heteroatoms. The highest BCUT2D eigenvalue weighted by Gasteiger charge is 2.48. The van der Waals surface area contributed by atoms with Crippen LogP contribution in [0.3, 0.4) is 0 Å². The fourth-order valence-corrected chi connectivity index (χ4v) is 3.61. The van der Waals surface area contributed by atoms with Crippen molar-refractivity contribution in [2.24, 2.45) is 16.7 Å². The molecule has 0 radical (unpaired) electrons. The second-order valence-electron chi connectivity index (χ2n) is 6.44. The summed E-state index contributed by atoms with van der Waals surface area (Å²) in [6.45, 7) is 11.9. The van der Waals surface area contributed by atoms with Crippen LogP contribution in [0, 0.1) is 16.7 Å². The molecule has 78 valence electrons. The van der Waals surface area contributed by atoms with Crippen molar-refractivity contribution in [3.63, 3.8) is 0 Å². The molecule has 14 heavy (non-hydrogen) atoms. The summed E-state index contributed by atoms with van der Waals surface area (Å²) in [4.78, 5) is 0. The average molecular weight is 190 g/mol. The molecule has 0 spiro atoms. The molecule has 0 N–H and O–H groups in total. The van der Waals surface area contributed by atoms with Crippen LogP contribution in [0.2, 0.25) is 0 Å². The zero-order chi connectivity index (χ0) is 10.6. The quantitative estimate of drug-likeness (QED) is 0.533. The van der Waals surface area contributed by atoms with Gasteiger partial charge in [0.05, 0.1) is 0 Å². The lowest BCUT2D eigenvalue weighted by Crippen LogP contribution is -2.19. The molecule has 1 unspecified atom stereocenters. The van der Waals surface area contributed by atoms with E-state index in [1.807, 2.05) is 0 Å². The van der Waals surface area contributed by atoms with Crippen LogP contribution in [0.25, 0.3) is 0 Å². The molecule has 2 aliphatic carbocycles. The molecule has 2 rings (SSSR count). The van der Waals surface area contributed by atoms with E-state index in [-0.39, 0.29) is 0 Å². The first-order valence-electron chi connectivity index (χ1n) is 5.71. The minimum atomic E-state index is 0.422. The predicted octanol–water partition coefficient (Wildman–Crippen LogP) is 4.34. The van der Waals surface area contributed by atoms with Crippen LogP contribution in [0.4, 0.5) is 0 Å². The summed E-state index contributed by atoms with van der Waals surface area (Å²) in [6, 6.07) is 0. The molecule has 0 aliphatic heterocycles. The van der Waals surface area contributed by atoms with E-state index >= 15 is 0 Å². The van der Waals surface area contributed by atoms with E-state index in [1.165, 1.54) is 12.8 Å². The maximum absolute atomic E-state index is 2.43. The lowest BCUT2D eigenvalue weighted by atomic mass is 9.75. The maximum atomic E-state index is 2.43. The summed E-state index contributed by atoms with van der Waals surface area (Å²) in [5.74, 6) is 0.794. The molecule has 2 aliphatic rings. The Hall–Kier alpha value is -0.520. The van der Waals surface area contributed by atoms with Crippen molar-refractivity contribution in [3.8, 4) is 0 Å². The fourth-order valence-electron chi connectivity index (χ4n) is 3.61. The van der Waals surface area contributed by atoms with Crippen molar-refractivity contribution in [3.05, 3.63) is 23.3 Å². The molecule has 0 heterocycles. The molecule has 1 saturated carbocycles. The highest BCUT2D eigenvalue weighted by atomic mass is 14.5. The molecule has 1 atom stereocenters. The van der Waals surface area contributed by atoms with Crippen molar-refractivity contribution in [2.45, 2.75) is 47.5 Å². The molecular weight excluding hydrogens is 168 g/mol. The molecule has 1 fully saturated rings. The lowest BCUT2D eigenvalue weighted by Gasteiger charge is -2.30. The number of rotatable bonds is 0. The molecule has 0 bridgehead atoms. The molecule has 0 aromatic heterocycles. The minimum Gasteiger partial charge on any atom is -0.0727 e. The van der Waals surface area contributed by atoms with E-state index in [0.717, 1.165) is 5.92 Å². The van der Waals surface area contributed by atoms with Gasteiger partial charge in [-0.15, -0.1) is 0 Å². The Bertz CT molecular complexity index is 313. The van der Waals surface area contributed by atoms with Crippen LogP contribution in [-0.2, 0) is 0 Å². The SMILES string of the molecule is CC1=CC=C2C(C1)C(C)(C)CC2(C)C. The largest absolute Gasteiger partial charge is 0.0727 e. The van der Waals surface area contributed by atoms with E-state index in [9.17, 15) is 0 Å². The predicted molar refractivity (Wildman–Crippen MR) is 62.1 cm³/mol. The third-order valence-corrected chi connectivity index (χ3v) is 4.07. The summed E-state index contributed by atoms with van der Waals surface area (Å²) in [5, 5.41) is 0. The van der Waals surface area contributed by atoms with Gasteiger partial charge >= 0.3 is 0 Å². The van der Waals surface area contributed by atoms with Crippen LogP contribution < -0.4 is 0 Å². The summed E-state index contributed by atoms with van der Waals surface area (Å²) in [6.07, 6.45) is 7.31. The summed E-state index contributed by atoms with van der Waals surface area (Å²) >= 11 is 0. The Morgan fingerprint density at radius 3 is 2.43 bits per heavy atom. The van der Waals surface area contributed by atoms with Crippen molar-refractivity contribution in [2.75, 3.05) is 0 Å². The Kier molecular flexibility index (Phi) is 1.96. The second-order valence-corrected chi connectivity index (χ2v) is 6.44. The number of hydrogen-bond donors (Lipinski definition) is 0. The molecule has 0 saturated heterocycles. The van der Waals surface area contributed by atoms with Crippen LogP contribution in [0.1, 0.15) is 47.5 Å². The van der Waals surface area contributed by atoms with E-state index in [1.54, 1.807) is 11.1 Å². The van der Waals surface area contributed by atoms with E-state index < -0.39 is 0 Å². The van der Waals surface area contributed by atoms with Gasteiger partial charge in [0, 0.05) is 0 Å². The number of fused-ring (bicyclic) bond motifs is 1. The zero-order valence-corrected chi connectivity index (χ0v) is 10.1. The van der Waals surface area contributed by atoms with E-state index in [2.05, 4.69) is 46.8 Å². The molecule has 0 amide bonds. The maximum Gasteiger partial charge on any atom is -0.0106 e. The zero-order valence-electron chi connectivity index (χ0n) is 10.1. The van der Waals surface area contributed by atoms with Gasteiger partial charge in [-0.3, -0.25) is 0 Å². The van der Waals surface area contributed by atoms with Gasteiger partial charge in [-0.1, -0.05) is 51.0 Å². The third-order valence-electron chi connectivity index (χ3n) is 4.07. The standard InChI is InChI=1S/C14H22/c1-10-6-7-11-12(8-10)14(4,5)9-13(11,2)3/h6-7,12H,8-9H2,1-5H3.